The molecule has 1 aliphatic rings. The maximum absolute atomic E-state index is 12.5. The third-order valence-corrected chi connectivity index (χ3v) is 4.06. The number of piperidine rings is 1. The van der Waals surface area contributed by atoms with Crippen molar-refractivity contribution >= 4 is 5.91 Å². The average Bonchev–Trinajstić information content (AvgIpc) is 2.40. The molecule has 0 radical (unpaired) electrons. The number of nitrogens with two attached hydrogens (primary N) is 1. The van der Waals surface area contributed by atoms with Crippen molar-refractivity contribution in [3.63, 3.8) is 0 Å². The highest BCUT2D eigenvalue weighted by atomic mass is 19.4. The zero-order valence-corrected chi connectivity index (χ0v) is 12.1. The molecular weight excluding hydrogens is 281 g/mol. The van der Waals surface area contributed by atoms with E-state index in [1.807, 2.05) is 13.8 Å². The highest BCUT2D eigenvalue weighted by molar-refractivity contribution is 5.94. The lowest BCUT2D eigenvalue weighted by atomic mass is 9.79. The van der Waals surface area contributed by atoms with Crippen LogP contribution in [-0.4, -0.2) is 29.9 Å². The molecule has 0 saturated carbocycles. The summed E-state index contributed by atoms with van der Waals surface area (Å²) in [6.45, 7) is 5.02. The maximum Gasteiger partial charge on any atom is 0.416 e. The van der Waals surface area contributed by atoms with E-state index in [2.05, 4.69) is 0 Å². The Kier molecular flexibility index (Phi) is 4.02. The Bertz CT molecular complexity index is 523. The van der Waals surface area contributed by atoms with E-state index in [0.29, 0.717) is 19.5 Å². The average molecular weight is 300 g/mol. The van der Waals surface area contributed by atoms with Crippen LogP contribution in [0.2, 0.25) is 0 Å². The van der Waals surface area contributed by atoms with Crippen LogP contribution in [0.4, 0.5) is 13.2 Å². The van der Waals surface area contributed by atoms with Crippen molar-refractivity contribution in [3.05, 3.63) is 35.4 Å². The van der Waals surface area contributed by atoms with Gasteiger partial charge in [-0.1, -0.05) is 13.8 Å². The molecule has 2 rings (SSSR count). The molecule has 1 heterocycles. The predicted octanol–water partition coefficient (Wildman–Crippen LogP) is 2.90. The Morgan fingerprint density at radius 2 is 1.86 bits per heavy atom. The normalized spacial score (nSPS) is 22.2. The number of nitrogens with zero attached hydrogens (tertiary/aromatic N) is 1. The van der Waals surface area contributed by atoms with E-state index in [4.69, 9.17) is 5.73 Å². The fraction of sp³-hybridized carbons (Fsp3) is 0.533. The van der Waals surface area contributed by atoms with Crippen LogP contribution < -0.4 is 5.73 Å². The van der Waals surface area contributed by atoms with Gasteiger partial charge in [-0.3, -0.25) is 4.79 Å². The van der Waals surface area contributed by atoms with Gasteiger partial charge in [-0.05, 0) is 36.1 Å². The molecular formula is C15H19F3N2O. The Balaban J connectivity index is 2.14. The first-order valence-electron chi connectivity index (χ1n) is 6.83. The van der Waals surface area contributed by atoms with Crippen molar-refractivity contribution in [2.24, 2.45) is 11.1 Å². The first-order chi connectivity index (χ1) is 9.61. The minimum atomic E-state index is -4.39. The number of likely N-dealkylation sites (tertiary alicyclic amines) is 1. The molecule has 1 aromatic carbocycles. The van der Waals surface area contributed by atoms with Crippen LogP contribution in [0.3, 0.4) is 0 Å². The van der Waals surface area contributed by atoms with Crippen LogP contribution in [-0.2, 0) is 6.18 Å². The first-order valence-corrected chi connectivity index (χ1v) is 6.83. The third-order valence-electron chi connectivity index (χ3n) is 4.06. The standard InChI is InChI=1S/C15H19F3N2O/c1-14(2)9-20(8-7-12(14)19)13(21)10-3-5-11(6-4-10)15(16,17)18/h3-6,12H,7-9,19H2,1-2H3. The number of alkyl halides is 3. The molecule has 1 atom stereocenters. The quantitative estimate of drug-likeness (QED) is 0.867. The molecule has 1 unspecified atom stereocenters. The van der Waals surface area contributed by atoms with Crippen LogP contribution >= 0.6 is 0 Å². The smallest absolute Gasteiger partial charge is 0.338 e. The number of hydrogen-bond acceptors (Lipinski definition) is 2. The fourth-order valence-corrected chi connectivity index (χ4v) is 2.53. The Hall–Kier alpha value is -1.56. The minimum Gasteiger partial charge on any atom is -0.338 e. The van der Waals surface area contributed by atoms with Crippen LogP contribution in [0.25, 0.3) is 0 Å². The molecule has 1 aliphatic heterocycles. The summed E-state index contributed by atoms with van der Waals surface area (Å²) in [6.07, 6.45) is -3.69. The van der Waals surface area contributed by atoms with Crippen molar-refractivity contribution < 1.29 is 18.0 Å². The summed E-state index contributed by atoms with van der Waals surface area (Å²) in [6, 6.07) is 4.36. The van der Waals surface area contributed by atoms with Gasteiger partial charge in [-0.2, -0.15) is 13.2 Å². The van der Waals surface area contributed by atoms with Gasteiger partial charge in [-0.25, -0.2) is 0 Å². The predicted molar refractivity (Wildman–Crippen MR) is 73.7 cm³/mol. The van der Waals surface area contributed by atoms with E-state index >= 15 is 0 Å². The van der Waals surface area contributed by atoms with E-state index in [1.165, 1.54) is 12.1 Å². The van der Waals surface area contributed by atoms with Crippen LogP contribution in [0, 0.1) is 5.41 Å². The van der Waals surface area contributed by atoms with Crippen molar-refractivity contribution in [2.45, 2.75) is 32.5 Å². The van der Waals surface area contributed by atoms with Crippen molar-refractivity contribution in [1.82, 2.24) is 4.90 Å². The number of carbonyl (C=O) groups excluding carboxylic acids is 1. The minimum absolute atomic E-state index is 0.0224. The van der Waals surface area contributed by atoms with E-state index < -0.39 is 11.7 Å². The van der Waals surface area contributed by atoms with E-state index in [1.54, 1.807) is 4.90 Å². The van der Waals surface area contributed by atoms with Crippen molar-refractivity contribution in [2.75, 3.05) is 13.1 Å². The second-order valence-corrected chi connectivity index (χ2v) is 6.19. The number of rotatable bonds is 1. The number of halogens is 3. The van der Waals surface area contributed by atoms with Crippen molar-refractivity contribution in [3.8, 4) is 0 Å². The Labute approximate surface area is 121 Å². The molecule has 116 valence electrons. The zero-order chi connectivity index (χ0) is 15.8. The summed E-state index contributed by atoms with van der Waals surface area (Å²) in [5.41, 5.74) is 5.35. The summed E-state index contributed by atoms with van der Waals surface area (Å²) >= 11 is 0. The lowest BCUT2D eigenvalue weighted by Crippen LogP contribution is -2.54. The SMILES string of the molecule is CC1(C)CN(C(=O)c2ccc(C(F)(F)F)cc2)CCC1N. The highest BCUT2D eigenvalue weighted by Gasteiger charge is 2.36. The monoisotopic (exact) mass is 300 g/mol. The van der Waals surface area contributed by atoms with Crippen LogP contribution in [0.15, 0.2) is 24.3 Å². The van der Waals surface area contributed by atoms with Gasteiger partial charge in [0.25, 0.3) is 5.91 Å². The van der Waals surface area contributed by atoms with Gasteiger partial charge >= 0.3 is 6.18 Å². The summed E-state index contributed by atoms with van der Waals surface area (Å²) in [4.78, 5) is 14.0. The van der Waals surface area contributed by atoms with Gasteiger partial charge in [0.05, 0.1) is 5.56 Å². The summed E-state index contributed by atoms with van der Waals surface area (Å²) in [5, 5.41) is 0. The van der Waals surface area contributed by atoms with Gasteiger partial charge in [0, 0.05) is 24.7 Å². The molecule has 3 nitrogen and oxygen atoms in total. The van der Waals surface area contributed by atoms with Gasteiger partial charge in [-0.15, -0.1) is 0 Å². The third kappa shape index (κ3) is 3.37. The summed E-state index contributed by atoms with van der Waals surface area (Å²) in [5.74, 6) is -0.247. The Morgan fingerprint density at radius 1 is 1.29 bits per heavy atom. The van der Waals surface area contributed by atoms with E-state index in [0.717, 1.165) is 12.1 Å². The molecule has 0 aliphatic carbocycles. The topological polar surface area (TPSA) is 46.3 Å². The first kappa shape index (κ1) is 15.8. The Morgan fingerprint density at radius 3 is 2.33 bits per heavy atom. The van der Waals surface area contributed by atoms with Crippen LogP contribution in [0.5, 0.6) is 0 Å². The van der Waals surface area contributed by atoms with Gasteiger partial charge in [0.2, 0.25) is 0 Å². The van der Waals surface area contributed by atoms with Crippen molar-refractivity contribution in [1.29, 1.82) is 0 Å². The summed E-state index contributed by atoms with van der Waals surface area (Å²) < 4.78 is 37.5. The second kappa shape index (κ2) is 5.33. The second-order valence-electron chi connectivity index (χ2n) is 6.19. The number of hydrogen-bond donors (Lipinski definition) is 1. The molecule has 0 spiro atoms. The van der Waals surface area contributed by atoms with Crippen LogP contribution in [0.1, 0.15) is 36.2 Å². The number of benzene rings is 1. The van der Waals surface area contributed by atoms with E-state index in [9.17, 15) is 18.0 Å². The summed E-state index contributed by atoms with van der Waals surface area (Å²) in [7, 11) is 0. The molecule has 6 heteroatoms. The number of amides is 1. The lowest BCUT2D eigenvalue weighted by Gasteiger charge is -2.42. The highest BCUT2D eigenvalue weighted by Crippen LogP contribution is 2.31. The van der Waals surface area contributed by atoms with E-state index in [-0.39, 0.29) is 22.9 Å². The largest absolute Gasteiger partial charge is 0.416 e. The molecule has 0 bridgehead atoms. The number of carbonyl (C=O) groups is 1. The molecule has 1 fully saturated rings. The maximum atomic E-state index is 12.5. The van der Waals surface area contributed by atoms with Gasteiger partial charge in [0.15, 0.2) is 0 Å². The fourth-order valence-electron chi connectivity index (χ4n) is 2.53. The molecule has 1 amide bonds. The molecule has 2 N–H and O–H groups in total. The molecule has 1 saturated heterocycles. The molecule has 0 aromatic heterocycles. The lowest BCUT2D eigenvalue weighted by molar-refractivity contribution is -0.137. The molecule has 21 heavy (non-hydrogen) atoms. The van der Waals surface area contributed by atoms with Gasteiger partial charge < -0.3 is 10.6 Å². The van der Waals surface area contributed by atoms with Gasteiger partial charge in [0.1, 0.15) is 0 Å². The zero-order valence-electron chi connectivity index (χ0n) is 12.1. The molecule has 1 aromatic rings.